The number of amides is 1. The van der Waals surface area contributed by atoms with Crippen LogP contribution >= 0.6 is 11.6 Å². The molecule has 0 atom stereocenters. The molecule has 0 aliphatic heterocycles. The molecule has 2 rings (SSSR count). The van der Waals surface area contributed by atoms with Crippen LogP contribution in [0.4, 0.5) is 10.1 Å². The maximum Gasteiger partial charge on any atom is 0.274 e. The average molecular weight is 295 g/mol. The van der Waals surface area contributed by atoms with E-state index in [0.29, 0.717) is 0 Å². The molecule has 1 aromatic carbocycles. The third kappa shape index (κ3) is 3.05. The number of benzene rings is 1. The zero-order valence-corrected chi connectivity index (χ0v) is 11.4. The van der Waals surface area contributed by atoms with Crippen LogP contribution in [-0.4, -0.2) is 10.5 Å². The second-order valence-electron chi connectivity index (χ2n) is 4.26. The van der Waals surface area contributed by atoms with Gasteiger partial charge in [0.2, 0.25) is 5.91 Å². The van der Waals surface area contributed by atoms with Crippen LogP contribution < -0.4 is 10.9 Å². The van der Waals surface area contributed by atoms with Crippen molar-refractivity contribution in [3.63, 3.8) is 0 Å². The van der Waals surface area contributed by atoms with E-state index in [9.17, 15) is 14.0 Å². The van der Waals surface area contributed by atoms with E-state index in [4.69, 9.17) is 11.6 Å². The highest BCUT2D eigenvalue weighted by Gasteiger charge is 2.13. The normalized spacial score (nSPS) is 10.3. The zero-order chi connectivity index (χ0) is 14.7. The molecule has 1 heterocycles. The van der Waals surface area contributed by atoms with E-state index in [2.05, 4.69) is 5.32 Å². The van der Waals surface area contributed by atoms with E-state index >= 15 is 0 Å². The number of aromatic nitrogens is 1. The van der Waals surface area contributed by atoms with E-state index in [0.717, 1.165) is 0 Å². The van der Waals surface area contributed by atoms with Gasteiger partial charge in [0.05, 0.1) is 6.42 Å². The number of carbonyl (C=O) groups is 1. The van der Waals surface area contributed by atoms with Crippen LogP contribution in [0.1, 0.15) is 5.56 Å². The third-order valence-corrected chi connectivity index (χ3v) is 3.15. The van der Waals surface area contributed by atoms with Gasteiger partial charge >= 0.3 is 0 Å². The van der Waals surface area contributed by atoms with Crippen molar-refractivity contribution in [3.05, 3.63) is 63.3 Å². The summed E-state index contributed by atoms with van der Waals surface area (Å²) in [5, 5.41) is 2.64. The Morgan fingerprint density at radius 3 is 2.80 bits per heavy atom. The van der Waals surface area contributed by atoms with E-state index in [1.54, 1.807) is 19.3 Å². The zero-order valence-electron chi connectivity index (χ0n) is 10.7. The van der Waals surface area contributed by atoms with Crippen LogP contribution in [0.3, 0.4) is 0 Å². The van der Waals surface area contributed by atoms with Crippen LogP contribution in [0, 0.1) is 5.82 Å². The van der Waals surface area contributed by atoms with Gasteiger partial charge in [-0.15, -0.1) is 0 Å². The SMILES string of the molecule is Cn1cccc(NC(=O)Cc2c(F)cccc2Cl)c1=O. The first-order valence-electron chi connectivity index (χ1n) is 5.87. The van der Waals surface area contributed by atoms with Gasteiger partial charge in [0.25, 0.3) is 5.56 Å². The molecule has 0 fully saturated rings. The minimum atomic E-state index is -0.548. The fourth-order valence-electron chi connectivity index (χ4n) is 1.75. The van der Waals surface area contributed by atoms with Crippen molar-refractivity contribution in [3.8, 4) is 0 Å². The maximum absolute atomic E-state index is 13.6. The number of anilines is 1. The lowest BCUT2D eigenvalue weighted by Gasteiger charge is -2.08. The largest absolute Gasteiger partial charge is 0.321 e. The summed E-state index contributed by atoms with van der Waals surface area (Å²) in [7, 11) is 1.58. The second kappa shape index (κ2) is 5.88. The lowest BCUT2D eigenvalue weighted by atomic mass is 10.1. The monoisotopic (exact) mass is 294 g/mol. The third-order valence-electron chi connectivity index (χ3n) is 2.80. The number of nitrogens with one attached hydrogen (secondary N) is 1. The van der Waals surface area contributed by atoms with E-state index in [1.165, 1.54) is 28.8 Å². The summed E-state index contributed by atoms with van der Waals surface area (Å²) in [6, 6.07) is 7.33. The predicted molar refractivity (Wildman–Crippen MR) is 75.4 cm³/mol. The Morgan fingerprint density at radius 1 is 1.35 bits per heavy atom. The van der Waals surface area contributed by atoms with Crippen LogP contribution in [0.5, 0.6) is 0 Å². The first-order valence-corrected chi connectivity index (χ1v) is 6.25. The van der Waals surface area contributed by atoms with Gasteiger partial charge in [0, 0.05) is 23.8 Å². The fraction of sp³-hybridized carbons (Fsp3) is 0.143. The Hall–Kier alpha value is -2.14. The van der Waals surface area contributed by atoms with Gasteiger partial charge in [-0.3, -0.25) is 9.59 Å². The van der Waals surface area contributed by atoms with Crippen molar-refractivity contribution in [1.29, 1.82) is 0 Å². The number of rotatable bonds is 3. The van der Waals surface area contributed by atoms with E-state index < -0.39 is 11.7 Å². The summed E-state index contributed by atoms with van der Waals surface area (Å²) >= 11 is 5.85. The number of hydrogen-bond donors (Lipinski definition) is 1. The van der Waals surface area contributed by atoms with Crippen molar-refractivity contribution >= 4 is 23.2 Å². The Kier molecular flexibility index (Phi) is 4.20. The van der Waals surface area contributed by atoms with Crippen molar-refractivity contribution in [2.45, 2.75) is 6.42 Å². The van der Waals surface area contributed by atoms with Crippen LogP contribution in [0.15, 0.2) is 41.3 Å². The molecule has 6 heteroatoms. The lowest BCUT2D eigenvalue weighted by molar-refractivity contribution is -0.115. The fourth-order valence-corrected chi connectivity index (χ4v) is 1.98. The number of carbonyl (C=O) groups excluding carboxylic acids is 1. The second-order valence-corrected chi connectivity index (χ2v) is 4.67. The molecule has 104 valence electrons. The number of nitrogens with zero attached hydrogens (tertiary/aromatic N) is 1. The molecule has 20 heavy (non-hydrogen) atoms. The molecule has 0 spiro atoms. The van der Waals surface area contributed by atoms with Gasteiger partial charge in [-0.2, -0.15) is 0 Å². The first kappa shape index (κ1) is 14.3. The average Bonchev–Trinajstić information content (AvgIpc) is 2.39. The summed E-state index contributed by atoms with van der Waals surface area (Å²) in [6.07, 6.45) is 1.34. The molecule has 0 saturated carbocycles. The molecule has 0 saturated heterocycles. The van der Waals surface area contributed by atoms with E-state index in [-0.39, 0.29) is 28.3 Å². The molecule has 1 N–H and O–H groups in total. The minimum Gasteiger partial charge on any atom is -0.321 e. The van der Waals surface area contributed by atoms with Gasteiger partial charge in [-0.05, 0) is 24.3 Å². The molecule has 0 bridgehead atoms. The van der Waals surface area contributed by atoms with Crippen molar-refractivity contribution in [2.75, 3.05) is 5.32 Å². The lowest BCUT2D eigenvalue weighted by Crippen LogP contribution is -2.24. The van der Waals surface area contributed by atoms with Gasteiger partial charge in [0.1, 0.15) is 11.5 Å². The van der Waals surface area contributed by atoms with Crippen LogP contribution in [0.25, 0.3) is 0 Å². The number of pyridine rings is 1. The summed E-state index contributed by atoms with van der Waals surface area (Å²) < 4.78 is 14.9. The molecule has 0 aliphatic carbocycles. The molecule has 0 unspecified atom stereocenters. The maximum atomic E-state index is 13.6. The Balaban J connectivity index is 2.18. The summed E-state index contributed by atoms with van der Waals surface area (Å²) in [6.45, 7) is 0. The summed E-state index contributed by atoms with van der Waals surface area (Å²) in [4.78, 5) is 23.6. The van der Waals surface area contributed by atoms with Crippen molar-refractivity contribution in [1.82, 2.24) is 4.57 Å². The number of halogens is 2. The molecule has 0 aliphatic rings. The minimum absolute atomic E-state index is 0.111. The topological polar surface area (TPSA) is 51.1 Å². The van der Waals surface area contributed by atoms with Crippen molar-refractivity contribution < 1.29 is 9.18 Å². The molecular weight excluding hydrogens is 283 g/mol. The van der Waals surface area contributed by atoms with Gasteiger partial charge < -0.3 is 9.88 Å². The Morgan fingerprint density at radius 2 is 2.10 bits per heavy atom. The summed E-state index contributed by atoms with van der Waals surface area (Å²) in [5.41, 5.74) is -0.0765. The molecule has 1 amide bonds. The van der Waals surface area contributed by atoms with Gasteiger partial charge in [0.15, 0.2) is 0 Å². The molecule has 0 radical (unpaired) electrons. The highest BCUT2D eigenvalue weighted by atomic mass is 35.5. The molecule has 1 aromatic heterocycles. The number of aryl methyl sites for hydroxylation is 1. The highest BCUT2D eigenvalue weighted by molar-refractivity contribution is 6.31. The van der Waals surface area contributed by atoms with Crippen LogP contribution in [-0.2, 0) is 18.3 Å². The molecule has 4 nitrogen and oxygen atoms in total. The molecular formula is C14H12ClFN2O2. The van der Waals surface area contributed by atoms with Crippen molar-refractivity contribution in [2.24, 2.45) is 7.05 Å². The molecule has 2 aromatic rings. The predicted octanol–water partition coefficient (Wildman–Crippen LogP) is 2.36. The van der Waals surface area contributed by atoms with E-state index in [1.807, 2.05) is 0 Å². The summed E-state index contributed by atoms with van der Waals surface area (Å²) in [5.74, 6) is -1.05. The van der Waals surface area contributed by atoms with Crippen LogP contribution in [0.2, 0.25) is 5.02 Å². The quantitative estimate of drug-likeness (QED) is 0.945. The standard InChI is InChI=1S/C14H12ClFN2O2/c1-18-7-3-6-12(14(18)20)17-13(19)8-9-10(15)4-2-5-11(9)16/h2-7H,8H2,1H3,(H,17,19). The highest BCUT2D eigenvalue weighted by Crippen LogP contribution is 2.19. The first-order chi connectivity index (χ1) is 9.49. The smallest absolute Gasteiger partial charge is 0.274 e. The number of hydrogen-bond acceptors (Lipinski definition) is 2. The van der Waals surface area contributed by atoms with Gasteiger partial charge in [-0.25, -0.2) is 4.39 Å². The Bertz CT molecular complexity index is 692. The Labute approximate surface area is 119 Å². The van der Waals surface area contributed by atoms with Gasteiger partial charge in [-0.1, -0.05) is 17.7 Å².